The molecule has 0 saturated carbocycles. The zero-order chi connectivity index (χ0) is 13.7. The molecule has 1 aromatic rings. The van der Waals surface area contributed by atoms with Crippen molar-refractivity contribution in [3.8, 4) is 0 Å². The summed E-state index contributed by atoms with van der Waals surface area (Å²) in [6.45, 7) is 7.18. The number of likely N-dealkylation sites (N-methyl/N-ethyl adjacent to an activating group) is 1. The van der Waals surface area contributed by atoms with E-state index < -0.39 is 0 Å². The highest BCUT2D eigenvalue weighted by Crippen LogP contribution is 2.18. The van der Waals surface area contributed by atoms with Gasteiger partial charge in [-0.1, -0.05) is 5.10 Å². The van der Waals surface area contributed by atoms with E-state index in [0.717, 1.165) is 26.2 Å². The van der Waals surface area contributed by atoms with E-state index in [1.54, 1.807) is 7.11 Å². The van der Waals surface area contributed by atoms with Crippen molar-refractivity contribution < 1.29 is 9.15 Å². The van der Waals surface area contributed by atoms with E-state index in [9.17, 15) is 0 Å². The summed E-state index contributed by atoms with van der Waals surface area (Å²) in [6, 6.07) is 1.03. The van der Waals surface area contributed by atoms with Gasteiger partial charge in [0.1, 0.15) is 0 Å². The summed E-state index contributed by atoms with van der Waals surface area (Å²) in [5.74, 6) is 0.622. The quantitative estimate of drug-likeness (QED) is 0.726. The Kier molecular flexibility index (Phi) is 5.12. The van der Waals surface area contributed by atoms with Gasteiger partial charge in [0, 0.05) is 39.3 Å². The van der Waals surface area contributed by atoms with Crippen LogP contribution in [0.15, 0.2) is 4.42 Å². The summed E-state index contributed by atoms with van der Waals surface area (Å²) in [4.78, 5) is 4.48. The summed E-state index contributed by atoms with van der Waals surface area (Å²) in [5.41, 5.74) is 0. The SMILES string of the molecule is COCCNCc1nnc(N2CCN(C)CC2C)o1. The predicted octanol–water partition coefficient (Wildman–Crippen LogP) is -0.0541. The largest absolute Gasteiger partial charge is 0.407 e. The molecule has 1 aliphatic rings. The van der Waals surface area contributed by atoms with Gasteiger partial charge in [-0.25, -0.2) is 0 Å². The lowest BCUT2D eigenvalue weighted by Gasteiger charge is -2.36. The van der Waals surface area contributed by atoms with Gasteiger partial charge in [0.15, 0.2) is 0 Å². The fraction of sp³-hybridized carbons (Fsp3) is 0.833. The number of nitrogens with zero attached hydrogens (tertiary/aromatic N) is 4. The smallest absolute Gasteiger partial charge is 0.318 e. The van der Waals surface area contributed by atoms with Gasteiger partial charge in [-0.3, -0.25) is 0 Å². The van der Waals surface area contributed by atoms with Crippen LogP contribution in [-0.2, 0) is 11.3 Å². The maximum absolute atomic E-state index is 5.69. The van der Waals surface area contributed by atoms with Crippen LogP contribution < -0.4 is 10.2 Å². The third-order valence-electron chi connectivity index (χ3n) is 3.29. The first-order valence-electron chi connectivity index (χ1n) is 6.68. The second-order valence-corrected chi connectivity index (χ2v) is 4.95. The van der Waals surface area contributed by atoms with Crippen LogP contribution in [0.1, 0.15) is 12.8 Å². The number of methoxy groups -OCH3 is 1. The maximum atomic E-state index is 5.69. The van der Waals surface area contributed by atoms with Gasteiger partial charge < -0.3 is 24.3 Å². The molecular weight excluding hydrogens is 246 g/mol. The van der Waals surface area contributed by atoms with E-state index in [4.69, 9.17) is 9.15 Å². The molecule has 1 unspecified atom stereocenters. The number of piperazine rings is 1. The van der Waals surface area contributed by atoms with Gasteiger partial charge in [-0.15, -0.1) is 5.10 Å². The Bertz CT molecular complexity index is 384. The van der Waals surface area contributed by atoms with Gasteiger partial charge in [0.2, 0.25) is 5.89 Å². The molecule has 0 aromatic carbocycles. The Morgan fingerprint density at radius 1 is 1.42 bits per heavy atom. The van der Waals surface area contributed by atoms with Crippen LogP contribution in [0.25, 0.3) is 0 Å². The molecule has 0 amide bonds. The highest BCUT2D eigenvalue weighted by atomic mass is 16.5. The van der Waals surface area contributed by atoms with Gasteiger partial charge in [0.25, 0.3) is 0 Å². The summed E-state index contributed by atoms with van der Waals surface area (Å²) < 4.78 is 10.7. The molecule has 7 nitrogen and oxygen atoms in total. The van der Waals surface area contributed by atoms with Crippen LogP contribution in [0.3, 0.4) is 0 Å². The van der Waals surface area contributed by atoms with E-state index in [-0.39, 0.29) is 0 Å². The normalized spacial score (nSPS) is 21.0. The fourth-order valence-corrected chi connectivity index (χ4v) is 2.23. The Hall–Kier alpha value is -1.18. The lowest BCUT2D eigenvalue weighted by atomic mass is 10.2. The second-order valence-electron chi connectivity index (χ2n) is 4.95. The monoisotopic (exact) mass is 269 g/mol. The first-order chi connectivity index (χ1) is 9.20. The Labute approximate surface area is 113 Å². The van der Waals surface area contributed by atoms with Gasteiger partial charge >= 0.3 is 6.01 Å². The van der Waals surface area contributed by atoms with Crippen molar-refractivity contribution in [2.75, 3.05) is 51.8 Å². The fourth-order valence-electron chi connectivity index (χ4n) is 2.23. The van der Waals surface area contributed by atoms with Crippen molar-refractivity contribution in [3.05, 3.63) is 5.89 Å². The Balaban J connectivity index is 1.86. The van der Waals surface area contributed by atoms with Crippen LogP contribution in [-0.4, -0.2) is 68.1 Å². The van der Waals surface area contributed by atoms with Crippen molar-refractivity contribution in [1.29, 1.82) is 0 Å². The summed E-state index contributed by atoms with van der Waals surface area (Å²) in [5, 5.41) is 11.4. The third-order valence-corrected chi connectivity index (χ3v) is 3.29. The first kappa shape index (κ1) is 14.2. The summed E-state index contributed by atoms with van der Waals surface area (Å²) in [7, 11) is 3.81. The number of ether oxygens (including phenoxy) is 1. The minimum atomic E-state index is 0.397. The summed E-state index contributed by atoms with van der Waals surface area (Å²) in [6.07, 6.45) is 0. The minimum absolute atomic E-state index is 0.397. The molecule has 1 aliphatic heterocycles. The van der Waals surface area contributed by atoms with E-state index in [0.29, 0.717) is 31.1 Å². The van der Waals surface area contributed by atoms with Crippen molar-refractivity contribution in [1.82, 2.24) is 20.4 Å². The van der Waals surface area contributed by atoms with Crippen LogP contribution in [0.2, 0.25) is 0 Å². The zero-order valence-corrected chi connectivity index (χ0v) is 11.9. The first-order valence-corrected chi connectivity index (χ1v) is 6.68. The van der Waals surface area contributed by atoms with Gasteiger partial charge in [-0.2, -0.15) is 0 Å². The molecule has 1 aromatic heterocycles. The molecule has 0 spiro atoms. The number of rotatable bonds is 6. The molecule has 2 heterocycles. The number of hydrogen-bond acceptors (Lipinski definition) is 7. The average molecular weight is 269 g/mol. The average Bonchev–Trinajstić information content (AvgIpc) is 2.83. The number of hydrogen-bond donors (Lipinski definition) is 1. The zero-order valence-electron chi connectivity index (χ0n) is 11.9. The van der Waals surface area contributed by atoms with Gasteiger partial charge in [-0.05, 0) is 14.0 Å². The lowest BCUT2D eigenvalue weighted by molar-refractivity contribution is 0.198. The van der Waals surface area contributed by atoms with Crippen molar-refractivity contribution in [2.24, 2.45) is 0 Å². The van der Waals surface area contributed by atoms with Crippen molar-refractivity contribution in [2.45, 2.75) is 19.5 Å². The standard InChI is InChI=1S/C12H23N5O2/c1-10-9-16(2)5-6-17(10)12-15-14-11(19-12)8-13-4-7-18-3/h10,13H,4-9H2,1-3H3. The molecule has 1 fully saturated rings. The number of aromatic nitrogens is 2. The maximum Gasteiger partial charge on any atom is 0.318 e. The molecule has 0 aliphatic carbocycles. The highest BCUT2D eigenvalue weighted by Gasteiger charge is 2.25. The molecule has 2 rings (SSSR count). The van der Waals surface area contributed by atoms with Crippen LogP contribution in [0, 0.1) is 0 Å². The lowest BCUT2D eigenvalue weighted by Crippen LogP contribution is -2.50. The topological polar surface area (TPSA) is 66.7 Å². The van der Waals surface area contributed by atoms with E-state index >= 15 is 0 Å². The van der Waals surface area contributed by atoms with Crippen molar-refractivity contribution >= 4 is 6.01 Å². The van der Waals surface area contributed by atoms with Crippen molar-refractivity contribution in [3.63, 3.8) is 0 Å². The minimum Gasteiger partial charge on any atom is -0.407 e. The molecule has 1 saturated heterocycles. The van der Waals surface area contributed by atoms with E-state index in [1.165, 1.54) is 0 Å². The molecular formula is C12H23N5O2. The Morgan fingerprint density at radius 2 is 2.26 bits per heavy atom. The molecule has 0 radical (unpaired) electrons. The van der Waals surface area contributed by atoms with Gasteiger partial charge in [0.05, 0.1) is 13.2 Å². The van der Waals surface area contributed by atoms with Crippen LogP contribution in [0.5, 0.6) is 0 Å². The van der Waals surface area contributed by atoms with E-state index in [1.807, 2.05) is 0 Å². The van der Waals surface area contributed by atoms with E-state index in [2.05, 4.69) is 39.3 Å². The third kappa shape index (κ3) is 3.89. The molecule has 1 N–H and O–H groups in total. The molecule has 7 heteroatoms. The molecule has 19 heavy (non-hydrogen) atoms. The summed E-state index contributed by atoms with van der Waals surface area (Å²) >= 11 is 0. The number of anilines is 1. The molecule has 108 valence electrons. The van der Waals surface area contributed by atoms with Crippen LogP contribution >= 0.6 is 0 Å². The van der Waals surface area contributed by atoms with Crippen LogP contribution in [0.4, 0.5) is 6.01 Å². The predicted molar refractivity (Wildman–Crippen MR) is 72.2 cm³/mol. The number of nitrogens with one attached hydrogen (secondary N) is 1. The second kappa shape index (κ2) is 6.83. The molecule has 0 bridgehead atoms. The molecule has 1 atom stereocenters. The highest BCUT2D eigenvalue weighted by molar-refractivity contribution is 5.27. The Morgan fingerprint density at radius 3 is 3.00 bits per heavy atom.